The Labute approximate surface area is 159 Å². The molecule has 0 saturated carbocycles. The summed E-state index contributed by atoms with van der Waals surface area (Å²) in [7, 11) is 0. The summed E-state index contributed by atoms with van der Waals surface area (Å²) in [5, 5.41) is 9.81. The minimum Gasteiger partial charge on any atom is -0.479 e. The summed E-state index contributed by atoms with van der Waals surface area (Å²) in [4.78, 5) is 30.4. The van der Waals surface area contributed by atoms with E-state index < -0.39 is 16.9 Å². The Morgan fingerprint density at radius 3 is 2.59 bits per heavy atom. The monoisotopic (exact) mass is 370 g/mol. The van der Waals surface area contributed by atoms with Gasteiger partial charge in [0.05, 0.1) is 6.54 Å². The number of hydrogen-bond donors (Lipinski definition) is 1. The normalized spacial score (nSPS) is 22.4. The van der Waals surface area contributed by atoms with Gasteiger partial charge in [-0.05, 0) is 23.0 Å². The lowest BCUT2D eigenvalue weighted by atomic mass is 9.68. The number of nitrogens with zero attached hydrogens (tertiary/aromatic N) is 2. The molecule has 144 valence electrons. The van der Waals surface area contributed by atoms with Crippen LogP contribution in [0.15, 0.2) is 46.5 Å². The van der Waals surface area contributed by atoms with Crippen LogP contribution < -0.4 is 0 Å². The molecule has 0 bridgehead atoms. The molecule has 2 heterocycles. The maximum atomic E-state index is 12.4. The number of carboxylic acid groups (broad SMARTS) is 1. The molecule has 0 aliphatic carbocycles. The molecule has 3 rings (SSSR count). The molecule has 0 spiro atoms. The highest BCUT2D eigenvalue weighted by molar-refractivity contribution is 5.90. The second-order valence-electron chi connectivity index (χ2n) is 8.19. The quantitative estimate of drug-likeness (QED) is 0.880. The van der Waals surface area contributed by atoms with E-state index in [1.807, 2.05) is 51.1 Å². The van der Waals surface area contributed by atoms with Crippen molar-refractivity contribution in [2.24, 2.45) is 10.4 Å². The van der Waals surface area contributed by atoms with Crippen LogP contribution in [0, 0.1) is 5.41 Å². The van der Waals surface area contributed by atoms with Gasteiger partial charge in [-0.25, -0.2) is 9.59 Å². The predicted octanol–water partition coefficient (Wildman–Crippen LogP) is 3.67. The van der Waals surface area contributed by atoms with E-state index in [-0.39, 0.29) is 12.7 Å². The molecule has 1 unspecified atom stereocenters. The molecular weight excluding hydrogens is 344 g/mol. The van der Waals surface area contributed by atoms with Gasteiger partial charge in [0.15, 0.2) is 5.54 Å². The van der Waals surface area contributed by atoms with Crippen molar-refractivity contribution in [3.05, 3.63) is 47.0 Å². The lowest BCUT2D eigenvalue weighted by Gasteiger charge is -2.42. The Bertz CT molecular complexity index is 792. The zero-order valence-corrected chi connectivity index (χ0v) is 16.1. The van der Waals surface area contributed by atoms with Crippen molar-refractivity contribution in [1.82, 2.24) is 4.90 Å². The van der Waals surface area contributed by atoms with E-state index in [0.717, 1.165) is 16.7 Å². The molecule has 6 nitrogen and oxygen atoms in total. The number of carbonyl (C=O) groups excluding carboxylic acids is 1. The average molecular weight is 370 g/mol. The van der Waals surface area contributed by atoms with Crippen LogP contribution in [-0.2, 0) is 16.1 Å². The molecule has 0 fully saturated rings. The van der Waals surface area contributed by atoms with Gasteiger partial charge in [-0.3, -0.25) is 4.99 Å². The van der Waals surface area contributed by atoms with E-state index >= 15 is 0 Å². The number of amides is 1. The summed E-state index contributed by atoms with van der Waals surface area (Å²) in [6.45, 7) is 6.88. The van der Waals surface area contributed by atoms with E-state index in [1.54, 1.807) is 11.1 Å². The number of rotatable bonds is 3. The smallest absolute Gasteiger partial charge is 0.410 e. The van der Waals surface area contributed by atoms with E-state index in [4.69, 9.17) is 4.74 Å². The Morgan fingerprint density at radius 1 is 1.26 bits per heavy atom. The summed E-state index contributed by atoms with van der Waals surface area (Å²) in [5.41, 5.74) is 1.30. The number of benzene rings is 1. The van der Waals surface area contributed by atoms with Gasteiger partial charge < -0.3 is 14.7 Å². The topological polar surface area (TPSA) is 79.2 Å². The van der Waals surface area contributed by atoms with Gasteiger partial charge in [-0.1, -0.05) is 56.7 Å². The van der Waals surface area contributed by atoms with Crippen LogP contribution in [0.25, 0.3) is 0 Å². The molecule has 1 aromatic carbocycles. The second-order valence-corrected chi connectivity index (χ2v) is 8.19. The number of ether oxygens (including phenoxy) is 1. The summed E-state index contributed by atoms with van der Waals surface area (Å²) in [6.07, 6.45) is 2.33. The number of carboxylic acids is 1. The molecule has 6 heteroatoms. The fourth-order valence-electron chi connectivity index (χ4n) is 3.58. The Morgan fingerprint density at radius 2 is 1.96 bits per heavy atom. The first-order valence-electron chi connectivity index (χ1n) is 9.18. The lowest BCUT2D eigenvalue weighted by molar-refractivity contribution is -0.147. The SMILES string of the molecule is CC(C)(C)C1(C(=O)O)CC2=C(C=N1)CN(C(=O)OCc1ccccc1)CC2. The van der Waals surface area contributed by atoms with Crippen molar-refractivity contribution in [2.45, 2.75) is 45.8 Å². The van der Waals surface area contributed by atoms with Crippen LogP contribution in [0.4, 0.5) is 4.79 Å². The van der Waals surface area contributed by atoms with Crippen molar-refractivity contribution in [1.29, 1.82) is 0 Å². The van der Waals surface area contributed by atoms with Crippen LogP contribution in [-0.4, -0.2) is 46.9 Å². The summed E-state index contributed by atoms with van der Waals surface area (Å²) >= 11 is 0. The zero-order chi connectivity index (χ0) is 19.7. The maximum Gasteiger partial charge on any atom is 0.410 e. The number of hydrogen-bond acceptors (Lipinski definition) is 4. The van der Waals surface area contributed by atoms with Gasteiger partial charge in [0, 0.05) is 19.2 Å². The predicted molar refractivity (Wildman–Crippen MR) is 103 cm³/mol. The van der Waals surface area contributed by atoms with Crippen molar-refractivity contribution < 1.29 is 19.4 Å². The number of aliphatic carboxylic acids is 1. The molecule has 1 atom stereocenters. The number of aliphatic imine (C=N–C) groups is 1. The van der Waals surface area contributed by atoms with Gasteiger partial charge in [0.25, 0.3) is 0 Å². The highest BCUT2D eigenvalue weighted by Gasteiger charge is 2.51. The third-order valence-electron chi connectivity index (χ3n) is 5.47. The first-order valence-corrected chi connectivity index (χ1v) is 9.18. The maximum absolute atomic E-state index is 12.4. The Hall–Kier alpha value is -2.63. The van der Waals surface area contributed by atoms with E-state index in [1.165, 1.54) is 0 Å². The van der Waals surface area contributed by atoms with Crippen LogP contribution in [0.2, 0.25) is 0 Å². The molecule has 27 heavy (non-hydrogen) atoms. The third kappa shape index (κ3) is 3.75. The molecule has 0 radical (unpaired) electrons. The third-order valence-corrected chi connectivity index (χ3v) is 5.47. The minimum absolute atomic E-state index is 0.238. The lowest BCUT2D eigenvalue weighted by Crippen LogP contribution is -2.51. The van der Waals surface area contributed by atoms with Gasteiger partial charge in [0.1, 0.15) is 6.61 Å². The van der Waals surface area contributed by atoms with Crippen molar-refractivity contribution in [2.75, 3.05) is 13.1 Å². The molecule has 1 aromatic rings. The zero-order valence-electron chi connectivity index (χ0n) is 16.1. The number of carbonyl (C=O) groups is 2. The fourth-order valence-corrected chi connectivity index (χ4v) is 3.58. The molecule has 1 N–H and O–H groups in total. The Balaban J connectivity index is 1.67. The Kier molecular flexibility index (Phi) is 5.09. The molecule has 0 aromatic heterocycles. The van der Waals surface area contributed by atoms with Gasteiger partial charge in [-0.2, -0.15) is 0 Å². The molecular formula is C21H26N2O4. The largest absolute Gasteiger partial charge is 0.479 e. The first kappa shape index (κ1) is 19.1. The van der Waals surface area contributed by atoms with Crippen molar-refractivity contribution in [3.63, 3.8) is 0 Å². The summed E-state index contributed by atoms with van der Waals surface area (Å²) < 4.78 is 5.41. The molecule has 1 amide bonds. The molecule has 2 aliphatic rings. The van der Waals surface area contributed by atoms with E-state index in [2.05, 4.69) is 4.99 Å². The second kappa shape index (κ2) is 7.18. The fraction of sp³-hybridized carbons (Fsp3) is 0.476. The highest BCUT2D eigenvalue weighted by Crippen LogP contribution is 2.43. The average Bonchev–Trinajstić information content (AvgIpc) is 2.65. The van der Waals surface area contributed by atoms with Crippen LogP contribution in [0.3, 0.4) is 0 Å². The van der Waals surface area contributed by atoms with E-state index in [9.17, 15) is 14.7 Å². The molecule has 0 saturated heterocycles. The number of dihydropyridines is 1. The van der Waals surface area contributed by atoms with Gasteiger partial charge >= 0.3 is 12.1 Å². The van der Waals surface area contributed by atoms with Gasteiger partial charge in [-0.15, -0.1) is 0 Å². The first-order chi connectivity index (χ1) is 12.7. The van der Waals surface area contributed by atoms with Gasteiger partial charge in [0.2, 0.25) is 0 Å². The molecule has 2 aliphatic heterocycles. The van der Waals surface area contributed by atoms with Crippen LogP contribution in [0.5, 0.6) is 0 Å². The summed E-state index contributed by atoms with van der Waals surface area (Å²) in [6, 6.07) is 9.56. The highest BCUT2D eigenvalue weighted by atomic mass is 16.6. The minimum atomic E-state index is -1.15. The van der Waals surface area contributed by atoms with Crippen molar-refractivity contribution >= 4 is 18.3 Å². The van der Waals surface area contributed by atoms with E-state index in [0.29, 0.717) is 25.9 Å². The van der Waals surface area contributed by atoms with Crippen LogP contribution in [0.1, 0.15) is 39.2 Å². The van der Waals surface area contributed by atoms with Crippen molar-refractivity contribution in [3.8, 4) is 0 Å². The summed E-state index contributed by atoms with van der Waals surface area (Å²) in [5.74, 6) is -0.900. The standard InChI is InChI=1S/C21H26N2O4/c1-20(2,3)21(18(24)25)11-16-9-10-23(13-17(16)12-22-21)19(26)27-14-15-7-5-4-6-8-15/h4-8,12H,9-11,13-14H2,1-3H3,(H,24,25). The van der Waals surface area contributed by atoms with Crippen LogP contribution >= 0.6 is 0 Å².